The van der Waals surface area contributed by atoms with Gasteiger partial charge >= 0.3 is 0 Å². The number of hydrogen-bond donors (Lipinski definition) is 2. The van der Waals surface area contributed by atoms with Crippen molar-refractivity contribution < 1.29 is 0 Å². The van der Waals surface area contributed by atoms with Crippen LogP contribution in [0.5, 0.6) is 0 Å². The summed E-state index contributed by atoms with van der Waals surface area (Å²) < 4.78 is 0. The van der Waals surface area contributed by atoms with E-state index in [1.807, 2.05) is 67.6 Å². The third kappa shape index (κ3) is 2.25. The molecule has 5 nitrogen and oxygen atoms in total. The molecule has 20 heavy (non-hydrogen) atoms. The van der Waals surface area contributed by atoms with Gasteiger partial charge < -0.3 is 5.32 Å². The van der Waals surface area contributed by atoms with Gasteiger partial charge in [0, 0.05) is 5.69 Å². The molecule has 0 spiro atoms. The fraction of sp³-hybridized carbons (Fsp3) is 0.133. The highest BCUT2D eigenvalue weighted by atomic mass is 15.5. The molecule has 0 fully saturated rings. The van der Waals surface area contributed by atoms with Crippen LogP contribution in [0.3, 0.4) is 0 Å². The molecule has 0 bridgehead atoms. The number of tetrazole rings is 1. The summed E-state index contributed by atoms with van der Waals surface area (Å²) in [4.78, 5) is 0. The molecule has 2 N–H and O–H groups in total. The molecule has 1 aromatic heterocycles. The number of rotatable bonds is 4. The number of nitrogens with zero attached hydrogens (tertiary/aromatic N) is 3. The smallest absolute Gasteiger partial charge is 0.204 e. The molecular formula is C15H15N5. The quantitative estimate of drug-likeness (QED) is 0.761. The SMILES string of the molecule is CC(Nc1ccccc1)(c1ccccc1)c1nn[nH]n1. The molecular weight excluding hydrogens is 250 g/mol. The fourth-order valence-corrected chi connectivity index (χ4v) is 2.21. The zero-order chi connectivity index (χ0) is 13.8. The summed E-state index contributed by atoms with van der Waals surface area (Å²) in [6.45, 7) is 2.04. The van der Waals surface area contributed by atoms with E-state index in [4.69, 9.17) is 0 Å². The standard InChI is InChI=1S/C15H15N5/c1-15(14-17-19-20-18-14,12-8-4-2-5-9-12)16-13-10-6-3-7-11-13/h2-11,16H,1H3,(H,17,18,19,20). The van der Waals surface area contributed by atoms with Gasteiger partial charge in [-0.3, -0.25) is 0 Å². The minimum Gasteiger partial charge on any atom is -0.369 e. The number of aromatic nitrogens is 4. The van der Waals surface area contributed by atoms with Gasteiger partial charge in [-0.2, -0.15) is 5.21 Å². The van der Waals surface area contributed by atoms with Gasteiger partial charge in [-0.1, -0.05) is 53.7 Å². The largest absolute Gasteiger partial charge is 0.369 e. The maximum atomic E-state index is 4.15. The van der Waals surface area contributed by atoms with E-state index in [2.05, 4.69) is 25.9 Å². The van der Waals surface area contributed by atoms with Crippen molar-refractivity contribution in [2.24, 2.45) is 0 Å². The number of aromatic amines is 1. The Morgan fingerprint density at radius 3 is 2.20 bits per heavy atom. The maximum absolute atomic E-state index is 4.15. The number of para-hydroxylation sites is 1. The first-order valence-corrected chi connectivity index (χ1v) is 6.42. The van der Waals surface area contributed by atoms with Gasteiger partial charge in [0.15, 0.2) is 0 Å². The number of hydrogen-bond acceptors (Lipinski definition) is 4. The Kier molecular flexibility index (Phi) is 3.16. The Balaban J connectivity index is 2.05. The minimum atomic E-state index is -0.546. The lowest BCUT2D eigenvalue weighted by Crippen LogP contribution is -2.34. The molecule has 0 saturated carbocycles. The van der Waals surface area contributed by atoms with Gasteiger partial charge in [-0.15, -0.1) is 10.2 Å². The van der Waals surface area contributed by atoms with E-state index in [0.717, 1.165) is 11.3 Å². The summed E-state index contributed by atoms with van der Waals surface area (Å²) in [6, 6.07) is 20.1. The molecule has 1 heterocycles. The third-order valence-corrected chi connectivity index (χ3v) is 3.31. The first-order chi connectivity index (χ1) is 9.79. The average Bonchev–Trinajstić information content (AvgIpc) is 3.04. The second-order valence-corrected chi connectivity index (χ2v) is 4.72. The second-order valence-electron chi connectivity index (χ2n) is 4.72. The van der Waals surface area contributed by atoms with E-state index in [1.54, 1.807) is 0 Å². The van der Waals surface area contributed by atoms with Gasteiger partial charge in [0.1, 0.15) is 5.54 Å². The molecule has 1 atom stereocenters. The molecule has 100 valence electrons. The van der Waals surface area contributed by atoms with Crippen LogP contribution in [0.4, 0.5) is 5.69 Å². The van der Waals surface area contributed by atoms with Gasteiger partial charge in [-0.05, 0) is 24.6 Å². The lowest BCUT2D eigenvalue weighted by molar-refractivity contribution is 0.609. The summed E-state index contributed by atoms with van der Waals surface area (Å²) in [7, 11) is 0. The Morgan fingerprint density at radius 1 is 0.950 bits per heavy atom. The van der Waals surface area contributed by atoms with Crippen molar-refractivity contribution in [1.82, 2.24) is 20.6 Å². The van der Waals surface area contributed by atoms with Crippen LogP contribution in [-0.4, -0.2) is 20.6 Å². The summed E-state index contributed by atoms with van der Waals surface area (Å²) in [6.07, 6.45) is 0. The Bertz CT molecular complexity index is 651. The van der Waals surface area contributed by atoms with Crippen LogP contribution < -0.4 is 5.32 Å². The highest BCUT2D eigenvalue weighted by Gasteiger charge is 2.33. The van der Waals surface area contributed by atoms with Crippen molar-refractivity contribution in [2.75, 3.05) is 5.32 Å². The molecule has 0 amide bonds. The lowest BCUT2D eigenvalue weighted by atomic mass is 9.91. The average molecular weight is 265 g/mol. The van der Waals surface area contributed by atoms with Crippen LogP contribution in [0.1, 0.15) is 18.3 Å². The summed E-state index contributed by atoms with van der Waals surface area (Å²) in [5.74, 6) is 0.604. The predicted octanol–water partition coefficient (Wildman–Crippen LogP) is 2.58. The van der Waals surface area contributed by atoms with Crippen LogP contribution in [-0.2, 0) is 5.54 Å². The number of anilines is 1. The van der Waals surface area contributed by atoms with E-state index < -0.39 is 5.54 Å². The van der Waals surface area contributed by atoms with Crippen molar-refractivity contribution in [3.8, 4) is 0 Å². The zero-order valence-corrected chi connectivity index (χ0v) is 11.1. The van der Waals surface area contributed by atoms with E-state index in [0.29, 0.717) is 5.82 Å². The molecule has 0 aliphatic carbocycles. The van der Waals surface area contributed by atoms with E-state index in [-0.39, 0.29) is 0 Å². The van der Waals surface area contributed by atoms with Crippen molar-refractivity contribution in [1.29, 1.82) is 0 Å². The molecule has 2 aromatic carbocycles. The van der Waals surface area contributed by atoms with Crippen molar-refractivity contribution in [2.45, 2.75) is 12.5 Å². The second kappa shape index (κ2) is 5.13. The molecule has 5 heteroatoms. The predicted molar refractivity (Wildman–Crippen MR) is 77.1 cm³/mol. The molecule has 0 saturated heterocycles. The van der Waals surface area contributed by atoms with Gasteiger partial charge in [-0.25, -0.2) is 0 Å². The highest BCUT2D eigenvalue weighted by Crippen LogP contribution is 2.30. The Hall–Kier alpha value is -2.69. The van der Waals surface area contributed by atoms with Crippen LogP contribution in [0.2, 0.25) is 0 Å². The van der Waals surface area contributed by atoms with Crippen LogP contribution in [0, 0.1) is 0 Å². The highest BCUT2D eigenvalue weighted by molar-refractivity contribution is 5.50. The van der Waals surface area contributed by atoms with Gasteiger partial charge in [0.05, 0.1) is 0 Å². The molecule has 0 aliphatic rings. The minimum absolute atomic E-state index is 0.546. The van der Waals surface area contributed by atoms with Crippen LogP contribution in [0.15, 0.2) is 60.7 Å². The van der Waals surface area contributed by atoms with Crippen molar-refractivity contribution >= 4 is 5.69 Å². The van der Waals surface area contributed by atoms with E-state index >= 15 is 0 Å². The molecule has 3 aromatic rings. The summed E-state index contributed by atoms with van der Waals surface area (Å²) >= 11 is 0. The topological polar surface area (TPSA) is 66.5 Å². The van der Waals surface area contributed by atoms with Gasteiger partial charge in [0.25, 0.3) is 0 Å². The first-order valence-electron chi connectivity index (χ1n) is 6.42. The molecule has 0 radical (unpaired) electrons. The third-order valence-electron chi connectivity index (χ3n) is 3.31. The summed E-state index contributed by atoms with van der Waals surface area (Å²) in [5.41, 5.74) is 1.53. The first kappa shape index (κ1) is 12.3. The van der Waals surface area contributed by atoms with E-state index in [1.165, 1.54) is 0 Å². The Morgan fingerprint density at radius 2 is 1.60 bits per heavy atom. The number of benzene rings is 2. The normalized spacial score (nSPS) is 13.7. The number of nitrogens with one attached hydrogen (secondary N) is 2. The maximum Gasteiger partial charge on any atom is 0.204 e. The van der Waals surface area contributed by atoms with Crippen LogP contribution >= 0.6 is 0 Å². The fourth-order valence-electron chi connectivity index (χ4n) is 2.21. The number of H-pyrrole nitrogens is 1. The summed E-state index contributed by atoms with van der Waals surface area (Å²) in [5, 5.41) is 18.0. The monoisotopic (exact) mass is 265 g/mol. The Labute approximate surface area is 117 Å². The molecule has 3 rings (SSSR count). The van der Waals surface area contributed by atoms with Crippen LogP contribution in [0.25, 0.3) is 0 Å². The van der Waals surface area contributed by atoms with E-state index in [9.17, 15) is 0 Å². The lowest BCUT2D eigenvalue weighted by Gasteiger charge is -2.29. The van der Waals surface area contributed by atoms with Crippen molar-refractivity contribution in [3.63, 3.8) is 0 Å². The zero-order valence-electron chi connectivity index (χ0n) is 11.1. The van der Waals surface area contributed by atoms with Gasteiger partial charge in [0.2, 0.25) is 5.82 Å². The molecule has 1 unspecified atom stereocenters. The molecule has 0 aliphatic heterocycles. The van der Waals surface area contributed by atoms with Crippen molar-refractivity contribution in [3.05, 3.63) is 72.1 Å².